The number of hydrogen-bond acceptors (Lipinski definition) is 5. The van der Waals surface area contributed by atoms with E-state index in [0.29, 0.717) is 31.8 Å². The summed E-state index contributed by atoms with van der Waals surface area (Å²) in [7, 11) is 0. The van der Waals surface area contributed by atoms with E-state index in [1.54, 1.807) is 24.3 Å². The third-order valence-electron chi connectivity index (χ3n) is 4.58. The molecule has 162 valence electrons. The van der Waals surface area contributed by atoms with E-state index in [1.165, 1.54) is 10.9 Å². The summed E-state index contributed by atoms with van der Waals surface area (Å²) >= 11 is 12.9. The number of benzene rings is 2. The summed E-state index contributed by atoms with van der Waals surface area (Å²) in [5, 5.41) is 14.2. The van der Waals surface area contributed by atoms with Crippen LogP contribution >= 0.6 is 43.5 Å². The fourth-order valence-electron chi connectivity index (χ4n) is 2.86. The van der Waals surface area contributed by atoms with E-state index in [0.717, 1.165) is 10.9 Å². The first-order valence-electron chi connectivity index (χ1n) is 9.31. The van der Waals surface area contributed by atoms with Gasteiger partial charge < -0.3 is 9.84 Å². The highest BCUT2D eigenvalue weighted by atomic mass is 79.9. The lowest BCUT2D eigenvalue weighted by atomic mass is 10.1. The van der Waals surface area contributed by atoms with Gasteiger partial charge in [-0.15, -0.1) is 0 Å². The topological polar surface area (TPSA) is 93.8 Å². The Morgan fingerprint density at radius 1 is 1.35 bits per heavy atom. The number of carbonyl (C=O) groups is 1. The molecule has 2 aromatic carbocycles. The molecular weight excluding hydrogens is 554 g/mol. The van der Waals surface area contributed by atoms with Crippen LogP contribution in [-0.4, -0.2) is 33.6 Å². The van der Waals surface area contributed by atoms with Crippen LogP contribution in [0.15, 0.2) is 49.2 Å². The molecule has 0 radical (unpaired) electrons. The highest BCUT2D eigenvalue weighted by molar-refractivity contribution is 9.10. The molecule has 0 aliphatic heterocycles. The van der Waals surface area contributed by atoms with Crippen molar-refractivity contribution < 1.29 is 14.6 Å². The number of aromatic nitrogens is 2. The monoisotopic (exact) mass is 569 g/mol. The van der Waals surface area contributed by atoms with Crippen LogP contribution in [0.4, 0.5) is 0 Å². The van der Waals surface area contributed by atoms with Crippen molar-refractivity contribution in [1.29, 1.82) is 0 Å². The standard InChI is InChI=1S/C21H18Br2ClN3O4/c1-3-11(2)20-26-17-5-4-13(22)7-15(17)21(30)27(20)25-9-12-6-14(24)8-16(23)19(12)31-10-18(28)29/h4-9,11H,3,10H2,1-2H3,(H,28,29)/t11-/m0/s1. The highest BCUT2D eigenvalue weighted by Gasteiger charge is 2.16. The molecule has 0 amide bonds. The molecule has 1 N–H and O–H groups in total. The minimum atomic E-state index is -1.12. The van der Waals surface area contributed by atoms with E-state index in [4.69, 9.17) is 21.4 Å². The Hall–Kier alpha value is -2.23. The number of aliphatic carboxylic acids is 1. The van der Waals surface area contributed by atoms with E-state index in [-0.39, 0.29) is 17.2 Å². The minimum absolute atomic E-state index is 0.0216. The van der Waals surface area contributed by atoms with Crippen molar-refractivity contribution in [2.24, 2.45) is 5.10 Å². The predicted octanol–water partition coefficient (Wildman–Crippen LogP) is 5.43. The van der Waals surface area contributed by atoms with Crippen molar-refractivity contribution >= 4 is 66.5 Å². The second-order valence-electron chi connectivity index (χ2n) is 6.79. The molecule has 10 heteroatoms. The molecule has 0 aliphatic carbocycles. The average molecular weight is 572 g/mol. The lowest BCUT2D eigenvalue weighted by Crippen LogP contribution is -2.23. The van der Waals surface area contributed by atoms with Gasteiger partial charge in [0.05, 0.1) is 21.6 Å². The van der Waals surface area contributed by atoms with Gasteiger partial charge in [0.1, 0.15) is 11.6 Å². The SMILES string of the molecule is CC[C@H](C)c1nc2ccc(Br)cc2c(=O)n1N=Cc1cc(Cl)cc(Br)c1OCC(=O)O. The molecule has 0 fully saturated rings. The first-order valence-corrected chi connectivity index (χ1v) is 11.3. The van der Waals surface area contributed by atoms with Gasteiger partial charge in [-0.2, -0.15) is 9.78 Å². The van der Waals surface area contributed by atoms with Crippen LogP contribution in [0.3, 0.4) is 0 Å². The number of carboxylic acids is 1. The van der Waals surface area contributed by atoms with Crippen LogP contribution in [0.2, 0.25) is 5.02 Å². The lowest BCUT2D eigenvalue weighted by Gasteiger charge is -2.14. The number of nitrogens with zero attached hydrogens (tertiary/aromatic N) is 3. The maximum Gasteiger partial charge on any atom is 0.341 e. The van der Waals surface area contributed by atoms with Gasteiger partial charge in [0.15, 0.2) is 6.61 Å². The first kappa shape index (κ1) is 23.4. The minimum Gasteiger partial charge on any atom is -0.480 e. The Labute approximate surface area is 200 Å². The summed E-state index contributed by atoms with van der Waals surface area (Å²) in [4.78, 5) is 28.8. The second kappa shape index (κ2) is 9.93. The fraction of sp³-hybridized carbons (Fsp3) is 0.238. The summed E-state index contributed by atoms with van der Waals surface area (Å²) in [6.45, 7) is 3.43. The summed E-state index contributed by atoms with van der Waals surface area (Å²) in [6, 6.07) is 8.48. The smallest absolute Gasteiger partial charge is 0.341 e. The average Bonchev–Trinajstić information content (AvgIpc) is 2.71. The Kier molecular flexibility index (Phi) is 7.51. The molecule has 1 aromatic heterocycles. The zero-order valence-electron chi connectivity index (χ0n) is 16.6. The van der Waals surface area contributed by atoms with Crippen molar-refractivity contribution in [3.63, 3.8) is 0 Å². The number of rotatable bonds is 7. The molecule has 0 saturated heterocycles. The number of ether oxygens (including phenoxy) is 1. The molecule has 0 bridgehead atoms. The van der Waals surface area contributed by atoms with Gasteiger partial charge in [0.2, 0.25) is 0 Å². The zero-order valence-corrected chi connectivity index (χ0v) is 20.5. The van der Waals surface area contributed by atoms with Crippen LogP contribution < -0.4 is 10.3 Å². The van der Waals surface area contributed by atoms with Gasteiger partial charge >= 0.3 is 5.97 Å². The van der Waals surface area contributed by atoms with Gasteiger partial charge in [-0.25, -0.2) is 9.78 Å². The third kappa shape index (κ3) is 5.34. The molecule has 1 heterocycles. The normalized spacial score (nSPS) is 12.4. The Bertz CT molecular complexity index is 1240. The molecule has 0 aliphatic rings. The van der Waals surface area contributed by atoms with E-state index >= 15 is 0 Å². The molecule has 0 unspecified atom stereocenters. The van der Waals surface area contributed by atoms with E-state index in [1.807, 2.05) is 19.9 Å². The molecule has 7 nitrogen and oxygen atoms in total. The summed E-state index contributed by atoms with van der Waals surface area (Å²) in [5.41, 5.74) is 0.690. The first-order chi connectivity index (χ1) is 14.7. The third-order valence-corrected chi connectivity index (χ3v) is 5.88. The maximum absolute atomic E-state index is 13.2. The van der Waals surface area contributed by atoms with Crippen molar-refractivity contribution in [2.75, 3.05) is 6.61 Å². The summed E-state index contributed by atoms with van der Waals surface area (Å²) in [6.07, 6.45) is 2.17. The van der Waals surface area contributed by atoms with Crippen molar-refractivity contribution in [3.8, 4) is 5.75 Å². The highest BCUT2D eigenvalue weighted by Crippen LogP contribution is 2.32. The van der Waals surface area contributed by atoms with Gasteiger partial charge in [-0.1, -0.05) is 41.4 Å². The van der Waals surface area contributed by atoms with Crippen molar-refractivity contribution in [2.45, 2.75) is 26.2 Å². The molecule has 0 saturated carbocycles. The molecule has 31 heavy (non-hydrogen) atoms. The van der Waals surface area contributed by atoms with Crippen molar-refractivity contribution in [3.05, 3.63) is 66.0 Å². The molecule has 3 aromatic rings. The maximum atomic E-state index is 13.2. The molecule has 3 rings (SSSR count). The number of fused-ring (bicyclic) bond motifs is 1. The Balaban J connectivity index is 2.18. The molecule has 1 atom stereocenters. The zero-order chi connectivity index (χ0) is 22.7. The van der Waals surface area contributed by atoms with Gasteiger partial charge in [0, 0.05) is 21.0 Å². The number of carboxylic acid groups (broad SMARTS) is 1. The lowest BCUT2D eigenvalue weighted by molar-refractivity contribution is -0.139. The molecular formula is C21H18Br2ClN3O4. The quantitative estimate of drug-likeness (QED) is 0.382. The van der Waals surface area contributed by atoms with E-state index < -0.39 is 12.6 Å². The van der Waals surface area contributed by atoms with Crippen LogP contribution in [0.5, 0.6) is 5.75 Å². The Morgan fingerprint density at radius 2 is 2.10 bits per heavy atom. The summed E-state index contributed by atoms with van der Waals surface area (Å²) < 4.78 is 7.87. The van der Waals surface area contributed by atoms with E-state index in [2.05, 4.69) is 41.9 Å². The summed E-state index contributed by atoms with van der Waals surface area (Å²) in [5.74, 6) is -0.367. The van der Waals surface area contributed by atoms with E-state index in [9.17, 15) is 9.59 Å². The number of halogens is 3. The largest absolute Gasteiger partial charge is 0.480 e. The van der Waals surface area contributed by atoms with Gasteiger partial charge in [-0.3, -0.25) is 4.79 Å². The number of hydrogen-bond donors (Lipinski definition) is 1. The predicted molar refractivity (Wildman–Crippen MR) is 128 cm³/mol. The Morgan fingerprint density at radius 3 is 2.77 bits per heavy atom. The van der Waals surface area contributed by atoms with Crippen LogP contribution in [0.1, 0.15) is 37.6 Å². The molecule has 0 spiro atoms. The van der Waals surface area contributed by atoms with Gasteiger partial charge in [-0.05, 0) is 52.7 Å². The van der Waals surface area contributed by atoms with Crippen molar-refractivity contribution in [1.82, 2.24) is 9.66 Å². The second-order valence-corrected chi connectivity index (χ2v) is 9.00. The van der Waals surface area contributed by atoms with Crippen LogP contribution in [0, 0.1) is 0 Å². The van der Waals surface area contributed by atoms with Crippen LogP contribution in [-0.2, 0) is 4.79 Å². The van der Waals surface area contributed by atoms with Gasteiger partial charge in [0.25, 0.3) is 5.56 Å². The fourth-order valence-corrected chi connectivity index (χ4v) is 4.17. The van der Waals surface area contributed by atoms with Crippen LogP contribution in [0.25, 0.3) is 10.9 Å².